The summed E-state index contributed by atoms with van der Waals surface area (Å²) < 4.78 is 10.9. The number of nitrogens with zero attached hydrogens (tertiary/aromatic N) is 2. The van der Waals surface area contributed by atoms with Crippen molar-refractivity contribution in [1.29, 1.82) is 0 Å². The van der Waals surface area contributed by atoms with E-state index >= 15 is 0 Å². The van der Waals surface area contributed by atoms with Crippen molar-refractivity contribution in [3.05, 3.63) is 108 Å². The standard InChI is InChI=1S/C35H36N2O6/c1-35(2,33(39)40)43-30-19-12-24(13-20-30)7-6-10-31-32(38)37(23-26-11-16-27-8-4-5-9-28(27)21-26)34(41)36(31)22-25-14-17-29(42-3)18-15-25/h4-5,8-9,11-21,31H,6-7,10,22-23H2,1-3H3,(H,39,40). The van der Waals surface area contributed by atoms with Gasteiger partial charge in [0.2, 0.25) is 0 Å². The van der Waals surface area contributed by atoms with E-state index in [4.69, 9.17) is 9.47 Å². The summed E-state index contributed by atoms with van der Waals surface area (Å²) in [5.41, 5.74) is 1.52. The minimum atomic E-state index is -1.33. The summed E-state index contributed by atoms with van der Waals surface area (Å²) in [7, 11) is 1.61. The van der Waals surface area contributed by atoms with E-state index in [1.54, 1.807) is 24.1 Å². The van der Waals surface area contributed by atoms with Crippen molar-refractivity contribution in [1.82, 2.24) is 9.80 Å². The lowest BCUT2D eigenvalue weighted by atomic mass is 10.0. The quantitative estimate of drug-likeness (QED) is 0.194. The molecule has 0 aromatic heterocycles. The molecule has 1 N–H and O–H groups in total. The fourth-order valence-corrected chi connectivity index (χ4v) is 5.31. The van der Waals surface area contributed by atoms with E-state index < -0.39 is 17.6 Å². The van der Waals surface area contributed by atoms with Gasteiger partial charge >= 0.3 is 12.0 Å². The number of methoxy groups -OCH3 is 1. The molecular weight excluding hydrogens is 544 g/mol. The number of amides is 3. The molecule has 0 radical (unpaired) electrons. The largest absolute Gasteiger partial charge is 0.497 e. The number of carbonyl (C=O) groups is 3. The second-order valence-electron chi connectivity index (χ2n) is 11.3. The number of carboxylic acid groups (broad SMARTS) is 1. The number of aryl methyl sites for hydroxylation is 1. The van der Waals surface area contributed by atoms with Gasteiger partial charge in [0.15, 0.2) is 5.60 Å². The third kappa shape index (κ3) is 6.80. The molecule has 1 aliphatic rings. The molecular formula is C35H36N2O6. The van der Waals surface area contributed by atoms with Gasteiger partial charge in [-0.1, -0.05) is 60.7 Å². The first kappa shape index (κ1) is 29.6. The molecule has 43 heavy (non-hydrogen) atoms. The number of carbonyl (C=O) groups excluding carboxylic acids is 2. The molecule has 1 aliphatic heterocycles. The zero-order chi connectivity index (χ0) is 30.6. The van der Waals surface area contributed by atoms with E-state index in [1.807, 2.05) is 78.9 Å². The summed E-state index contributed by atoms with van der Waals surface area (Å²) in [5.74, 6) is -0.0276. The normalized spacial score (nSPS) is 15.3. The highest BCUT2D eigenvalue weighted by atomic mass is 16.5. The molecule has 1 unspecified atom stereocenters. The first-order valence-corrected chi connectivity index (χ1v) is 14.4. The van der Waals surface area contributed by atoms with E-state index in [-0.39, 0.29) is 18.5 Å². The average molecular weight is 581 g/mol. The Morgan fingerprint density at radius 1 is 0.814 bits per heavy atom. The molecule has 1 fully saturated rings. The van der Waals surface area contributed by atoms with Gasteiger partial charge in [-0.25, -0.2) is 9.59 Å². The second-order valence-corrected chi connectivity index (χ2v) is 11.3. The summed E-state index contributed by atoms with van der Waals surface area (Å²) in [6, 6.07) is 28.0. The minimum Gasteiger partial charge on any atom is -0.497 e. The number of rotatable bonds is 12. The first-order chi connectivity index (χ1) is 20.6. The van der Waals surface area contributed by atoms with Gasteiger partial charge in [-0.2, -0.15) is 0 Å². The summed E-state index contributed by atoms with van der Waals surface area (Å²) in [6.45, 7) is 3.54. The Bertz CT molecular complexity index is 1610. The van der Waals surface area contributed by atoms with E-state index in [9.17, 15) is 19.5 Å². The van der Waals surface area contributed by atoms with Crippen LogP contribution in [0.3, 0.4) is 0 Å². The Hall–Kier alpha value is -4.85. The van der Waals surface area contributed by atoms with Crippen LogP contribution in [0.15, 0.2) is 91.0 Å². The number of urea groups is 1. The third-order valence-electron chi connectivity index (χ3n) is 7.82. The topological polar surface area (TPSA) is 96.4 Å². The van der Waals surface area contributed by atoms with Crippen molar-refractivity contribution in [2.45, 2.75) is 57.8 Å². The van der Waals surface area contributed by atoms with E-state index in [2.05, 4.69) is 0 Å². The molecule has 1 heterocycles. The number of fused-ring (bicyclic) bond motifs is 1. The Balaban J connectivity index is 1.29. The van der Waals surface area contributed by atoms with Crippen LogP contribution in [0.25, 0.3) is 10.8 Å². The molecule has 0 aliphatic carbocycles. The van der Waals surface area contributed by atoms with Crippen LogP contribution < -0.4 is 9.47 Å². The zero-order valence-corrected chi connectivity index (χ0v) is 24.7. The SMILES string of the molecule is COc1ccc(CN2C(=O)N(Cc3ccc4ccccc4c3)C(=O)C2CCCc2ccc(OC(C)(C)C(=O)O)cc2)cc1. The Morgan fingerprint density at radius 3 is 2.12 bits per heavy atom. The van der Waals surface area contributed by atoms with Crippen LogP contribution in [0.2, 0.25) is 0 Å². The van der Waals surface area contributed by atoms with Gasteiger partial charge in [-0.15, -0.1) is 0 Å². The molecule has 0 bridgehead atoms. The Labute approximate surface area is 251 Å². The summed E-state index contributed by atoms with van der Waals surface area (Å²) >= 11 is 0. The molecule has 5 rings (SSSR count). The molecule has 0 spiro atoms. The number of aliphatic carboxylic acids is 1. The van der Waals surface area contributed by atoms with E-state index in [1.165, 1.54) is 18.7 Å². The Kier molecular flexibility index (Phi) is 8.66. The van der Waals surface area contributed by atoms with Gasteiger partial charge in [0, 0.05) is 6.54 Å². The van der Waals surface area contributed by atoms with Gasteiger partial charge in [0.05, 0.1) is 13.7 Å². The molecule has 4 aromatic carbocycles. The van der Waals surface area contributed by atoms with Crippen LogP contribution in [0.4, 0.5) is 4.79 Å². The smallest absolute Gasteiger partial charge is 0.347 e. The van der Waals surface area contributed by atoms with Crippen LogP contribution >= 0.6 is 0 Å². The lowest BCUT2D eigenvalue weighted by Crippen LogP contribution is -2.37. The summed E-state index contributed by atoms with van der Waals surface area (Å²) in [6.07, 6.45) is 1.90. The average Bonchev–Trinajstić information content (AvgIpc) is 3.21. The monoisotopic (exact) mass is 580 g/mol. The van der Waals surface area contributed by atoms with Crippen LogP contribution in [-0.2, 0) is 29.1 Å². The highest BCUT2D eigenvalue weighted by molar-refractivity contribution is 6.04. The fourth-order valence-electron chi connectivity index (χ4n) is 5.31. The van der Waals surface area contributed by atoms with Crippen LogP contribution in [0.5, 0.6) is 11.5 Å². The maximum Gasteiger partial charge on any atom is 0.347 e. The molecule has 8 nitrogen and oxygen atoms in total. The van der Waals surface area contributed by atoms with Crippen molar-refractivity contribution in [2.75, 3.05) is 7.11 Å². The van der Waals surface area contributed by atoms with Crippen molar-refractivity contribution in [3.63, 3.8) is 0 Å². The maximum absolute atomic E-state index is 13.7. The molecule has 0 saturated carbocycles. The van der Waals surface area contributed by atoms with Gasteiger partial charge < -0.3 is 19.5 Å². The molecule has 1 saturated heterocycles. The fraction of sp³-hybridized carbons (Fsp3) is 0.286. The lowest BCUT2D eigenvalue weighted by Gasteiger charge is -2.22. The second kappa shape index (κ2) is 12.6. The van der Waals surface area contributed by atoms with Crippen molar-refractivity contribution < 1.29 is 29.0 Å². The summed E-state index contributed by atoms with van der Waals surface area (Å²) in [5, 5.41) is 11.5. The van der Waals surface area contributed by atoms with E-state index in [0.29, 0.717) is 31.6 Å². The van der Waals surface area contributed by atoms with Crippen LogP contribution in [-0.4, -0.2) is 51.6 Å². The van der Waals surface area contributed by atoms with Crippen LogP contribution in [0.1, 0.15) is 43.4 Å². The first-order valence-electron chi connectivity index (χ1n) is 14.4. The zero-order valence-electron chi connectivity index (χ0n) is 24.7. The molecule has 8 heteroatoms. The van der Waals surface area contributed by atoms with Gasteiger partial charge in [-0.05, 0) is 90.9 Å². The summed E-state index contributed by atoms with van der Waals surface area (Å²) in [4.78, 5) is 41.9. The van der Waals surface area contributed by atoms with Crippen molar-refractivity contribution in [2.24, 2.45) is 0 Å². The molecule has 3 amide bonds. The number of benzene rings is 4. The lowest BCUT2D eigenvalue weighted by molar-refractivity contribution is -0.152. The van der Waals surface area contributed by atoms with Crippen molar-refractivity contribution >= 4 is 28.7 Å². The highest BCUT2D eigenvalue weighted by Gasteiger charge is 2.44. The number of imide groups is 1. The molecule has 222 valence electrons. The number of ether oxygens (including phenoxy) is 2. The number of carboxylic acids is 1. The van der Waals surface area contributed by atoms with Crippen LogP contribution in [0, 0.1) is 0 Å². The maximum atomic E-state index is 13.7. The third-order valence-corrected chi connectivity index (χ3v) is 7.82. The number of hydrogen-bond acceptors (Lipinski definition) is 5. The minimum absolute atomic E-state index is 0.189. The predicted octanol–water partition coefficient (Wildman–Crippen LogP) is 6.45. The van der Waals surface area contributed by atoms with E-state index in [0.717, 1.165) is 33.2 Å². The number of hydrogen-bond donors (Lipinski definition) is 1. The molecule has 4 aromatic rings. The van der Waals surface area contributed by atoms with Gasteiger partial charge in [-0.3, -0.25) is 9.69 Å². The van der Waals surface area contributed by atoms with Gasteiger partial charge in [0.1, 0.15) is 17.5 Å². The van der Waals surface area contributed by atoms with Gasteiger partial charge in [0.25, 0.3) is 5.91 Å². The Morgan fingerprint density at radius 2 is 1.44 bits per heavy atom. The molecule has 1 atom stereocenters. The van der Waals surface area contributed by atoms with Crippen molar-refractivity contribution in [3.8, 4) is 11.5 Å². The predicted molar refractivity (Wildman–Crippen MR) is 164 cm³/mol. The highest BCUT2D eigenvalue weighted by Crippen LogP contribution is 2.28.